The van der Waals surface area contributed by atoms with Gasteiger partial charge in [-0.2, -0.15) is 5.10 Å². The molecule has 0 aliphatic carbocycles. The topological polar surface area (TPSA) is 92.2 Å². The van der Waals surface area contributed by atoms with Crippen molar-refractivity contribution in [2.45, 2.75) is 0 Å². The molecule has 0 radical (unpaired) electrons. The number of methoxy groups -OCH3 is 2. The molecule has 0 heterocycles. The maximum atomic E-state index is 11.8. The molecule has 0 atom stereocenters. The second-order valence-electron chi connectivity index (χ2n) is 4.78. The van der Waals surface area contributed by atoms with Crippen molar-refractivity contribution in [1.29, 1.82) is 0 Å². The van der Waals surface area contributed by atoms with Crippen molar-refractivity contribution in [1.82, 2.24) is 5.43 Å². The molecular weight excluding hydrogens is 310 g/mol. The van der Waals surface area contributed by atoms with Crippen LogP contribution in [0.15, 0.2) is 47.6 Å². The zero-order valence-electron chi connectivity index (χ0n) is 13.4. The van der Waals surface area contributed by atoms with E-state index in [2.05, 4.69) is 15.8 Å². The van der Waals surface area contributed by atoms with E-state index in [0.29, 0.717) is 17.1 Å². The lowest BCUT2D eigenvalue weighted by atomic mass is 10.2. The number of aromatic hydroxyl groups is 1. The lowest BCUT2D eigenvalue weighted by Crippen LogP contribution is -2.26. The number of hydrogen-bond donors (Lipinski definition) is 3. The Balaban J connectivity index is 1.87. The number of carbonyl (C=O) groups is 1. The number of nitrogens with one attached hydrogen (secondary N) is 2. The van der Waals surface area contributed by atoms with Gasteiger partial charge in [-0.3, -0.25) is 4.79 Å². The summed E-state index contributed by atoms with van der Waals surface area (Å²) in [6.45, 7) is 0.0522. The first-order valence-corrected chi connectivity index (χ1v) is 7.20. The molecule has 3 N–H and O–H groups in total. The number of carbonyl (C=O) groups excluding carboxylic acids is 1. The van der Waals surface area contributed by atoms with Crippen molar-refractivity contribution in [2.75, 3.05) is 26.1 Å². The number of anilines is 1. The predicted molar refractivity (Wildman–Crippen MR) is 91.9 cm³/mol. The van der Waals surface area contributed by atoms with Crippen molar-refractivity contribution < 1.29 is 19.4 Å². The molecule has 2 aromatic carbocycles. The molecule has 0 saturated heterocycles. The average Bonchev–Trinajstić information content (AvgIpc) is 2.61. The number of phenolic OH excluding ortho intramolecular Hbond substituents is 1. The molecule has 24 heavy (non-hydrogen) atoms. The molecule has 0 spiro atoms. The van der Waals surface area contributed by atoms with Crippen molar-refractivity contribution in [3.8, 4) is 17.2 Å². The van der Waals surface area contributed by atoms with Crippen LogP contribution in [0.3, 0.4) is 0 Å². The van der Waals surface area contributed by atoms with Gasteiger partial charge >= 0.3 is 0 Å². The van der Waals surface area contributed by atoms with E-state index in [1.807, 2.05) is 18.2 Å². The maximum absolute atomic E-state index is 11.8. The van der Waals surface area contributed by atoms with Gasteiger partial charge in [0.2, 0.25) is 0 Å². The summed E-state index contributed by atoms with van der Waals surface area (Å²) in [5, 5.41) is 16.4. The number of rotatable bonds is 7. The molecule has 7 heteroatoms. The fourth-order valence-electron chi connectivity index (χ4n) is 1.96. The summed E-state index contributed by atoms with van der Waals surface area (Å²) >= 11 is 0. The summed E-state index contributed by atoms with van der Waals surface area (Å²) in [6.07, 6.45) is 1.46. The first-order valence-electron chi connectivity index (χ1n) is 7.20. The molecule has 0 aliphatic rings. The van der Waals surface area contributed by atoms with Gasteiger partial charge < -0.3 is 19.9 Å². The van der Waals surface area contributed by atoms with E-state index in [1.165, 1.54) is 19.4 Å². The van der Waals surface area contributed by atoms with Crippen LogP contribution in [0, 0.1) is 0 Å². The summed E-state index contributed by atoms with van der Waals surface area (Å²) in [6, 6.07) is 12.1. The fourth-order valence-corrected chi connectivity index (χ4v) is 1.96. The van der Waals surface area contributed by atoms with E-state index < -0.39 is 0 Å². The standard InChI is InChI=1S/C17H19N3O4/c1-23-15-6-4-3-5-13(15)18-11-17(22)20-19-10-12-7-8-14(21)16(9-12)24-2/h3-10,18,21H,11H2,1-2H3,(H,20,22). The zero-order chi connectivity index (χ0) is 17.4. The fraction of sp³-hybridized carbons (Fsp3) is 0.176. The first kappa shape index (κ1) is 17.1. The highest BCUT2D eigenvalue weighted by Gasteiger charge is 2.04. The van der Waals surface area contributed by atoms with Crippen LogP contribution in [0.4, 0.5) is 5.69 Å². The van der Waals surface area contributed by atoms with Crippen LogP contribution in [-0.4, -0.2) is 38.0 Å². The average molecular weight is 329 g/mol. The van der Waals surface area contributed by atoms with Crippen LogP contribution < -0.4 is 20.2 Å². The van der Waals surface area contributed by atoms with E-state index in [-0.39, 0.29) is 18.2 Å². The van der Waals surface area contributed by atoms with Gasteiger partial charge in [-0.1, -0.05) is 12.1 Å². The highest BCUT2D eigenvalue weighted by atomic mass is 16.5. The van der Waals surface area contributed by atoms with E-state index in [9.17, 15) is 9.90 Å². The molecule has 2 rings (SSSR count). The second-order valence-corrected chi connectivity index (χ2v) is 4.78. The smallest absolute Gasteiger partial charge is 0.259 e. The van der Waals surface area contributed by atoms with Crippen LogP contribution in [0.2, 0.25) is 0 Å². The van der Waals surface area contributed by atoms with E-state index in [4.69, 9.17) is 9.47 Å². The maximum Gasteiger partial charge on any atom is 0.259 e. The zero-order valence-corrected chi connectivity index (χ0v) is 13.4. The van der Waals surface area contributed by atoms with Crippen molar-refractivity contribution in [3.05, 3.63) is 48.0 Å². The molecule has 0 saturated carbocycles. The van der Waals surface area contributed by atoms with Crippen LogP contribution in [0.5, 0.6) is 17.2 Å². The third-order valence-corrected chi connectivity index (χ3v) is 3.15. The van der Waals surface area contributed by atoms with Crippen molar-refractivity contribution in [2.24, 2.45) is 5.10 Å². The Bertz CT molecular complexity index is 732. The van der Waals surface area contributed by atoms with E-state index in [0.717, 1.165) is 5.69 Å². The molecule has 126 valence electrons. The van der Waals surface area contributed by atoms with Gasteiger partial charge in [0.25, 0.3) is 5.91 Å². The Morgan fingerprint density at radius 2 is 1.92 bits per heavy atom. The number of ether oxygens (including phenoxy) is 2. The molecule has 7 nitrogen and oxygen atoms in total. The Kier molecular flexibility index (Phi) is 6.01. The number of para-hydroxylation sites is 2. The second kappa shape index (κ2) is 8.42. The van der Waals surface area contributed by atoms with Gasteiger partial charge in [0.05, 0.1) is 32.7 Å². The molecule has 0 bridgehead atoms. The lowest BCUT2D eigenvalue weighted by Gasteiger charge is -2.09. The highest BCUT2D eigenvalue weighted by molar-refractivity contribution is 5.85. The number of benzene rings is 2. The van der Waals surface area contributed by atoms with E-state index in [1.54, 1.807) is 25.3 Å². The molecule has 2 aromatic rings. The van der Waals surface area contributed by atoms with Gasteiger partial charge in [0.15, 0.2) is 11.5 Å². The van der Waals surface area contributed by atoms with Crippen LogP contribution in [-0.2, 0) is 4.79 Å². The molecule has 0 aliphatic heterocycles. The summed E-state index contributed by atoms with van der Waals surface area (Å²) in [5.41, 5.74) is 3.82. The van der Waals surface area contributed by atoms with Gasteiger partial charge in [-0.05, 0) is 35.9 Å². The SMILES string of the molecule is COc1cc(C=NNC(=O)CNc2ccccc2OC)ccc1O. The molecule has 1 amide bonds. The number of hydrogen-bond acceptors (Lipinski definition) is 6. The van der Waals surface area contributed by atoms with Gasteiger partial charge in [0.1, 0.15) is 5.75 Å². The van der Waals surface area contributed by atoms with Crippen LogP contribution in [0.25, 0.3) is 0 Å². The number of phenols is 1. The highest BCUT2D eigenvalue weighted by Crippen LogP contribution is 2.25. The summed E-state index contributed by atoms with van der Waals surface area (Å²) < 4.78 is 10.2. The minimum atomic E-state index is -0.303. The summed E-state index contributed by atoms with van der Waals surface area (Å²) in [4.78, 5) is 11.8. The van der Waals surface area contributed by atoms with Crippen LogP contribution >= 0.6 is 0 Å². The Morgan fingerprint density at radius 3 is 2.67 bits per heavy atom. The third-order valence-electron chi connectivity index (χ3n) is 3.15. The van der Waals surface area contributed by atoms with Gasteiger partial charge in [-0.15, -0.1) is 0 Å². The third kappa shape index (κ3) is 4.64. The molecule has 0 aromatic heterocycles. The molecule has 0 unspecified atom stereocenters. The quantitative estimate of drug-likeness (QED) is 0.533. The van der Waals surface area contributed by atoms with Crippen molar-refractivity contribution in [3.63, 3.8) is 0 Å². The first-order chi connectivity index (χ1) is 11.6. The minimum absolute atomic E-state index is 0.0414. The Morgan fingerprint density at radius 1 is 1.17 bits per heavy atom. The number of hydrazone groups is 1. The van der Waals surface area contributed by atoms with Crippen LogP contribution in [0.1, 0.15) is 5.56 Å². The van der Waals surface area contributed by atoms with E-state index >= 15 is 0 Å². The molecular formula is C17H19N3O4. The number of amides is 1. The lowest BCUT2D eigenvalue weighted by molar-refractivity contribution is -0.119. The summed E-state index contributed by atoms with van der Waals surface area (Å²) in [5.74, 6) is 0.732. The Hall–Kier alpha value is -3.22. The van der Waals surface area contributed by atoms with Gasteiger partial charge in [0, 0.05) is 0 Å². The minimum Gasteiger partial charge on any atom is -0.504 e. The summed E-state index contributed by atoms with van der Waals surface area (Å²) in [7, 11) is 3.03. The monoisotopic (exact) mass is 329 g/mol. The largest absolute Gasteiger partial charge is 0.504 e. The molecule has 0 fully saturated rings. The predicted octanol–water partition coefficient (Wildman–Crippen LogP) is 1.97. The van der Waals surface area contributed by atoms with Crippen molar-refractivity contribution >= 4 is 17.8 Å². The van der Waals surface area contributed by atoms with Gasteiger partial charge in [-0.25, -0.2) is 5.43 Å². The normalized spacial score (nSPS) is 10.4. The number of nitrogens with zero attached hydrogens (tertiary/aromatic N) is 1. The Labute approximate surface area is 139 Å².